The second-order valence-corrected chi connectivity index (χ2v) is 3.78. The second kappa shape index (κ2) is 7.43. The molecule has 0 saturated carbocycles. The first-order valence-corrected chi connectivity index (χ1v) is 5.50. The maximum Gasteiger partial charge on any atom is 0.304 e. The van der Waals surface area contributed by atoms with E-state index in [1.165, 1.54) is 0 Å². The van der Waals surface area contributed by atoms with Gasteiger partial charge in [0.1, 0.15) is 0 Å². The van der Waals surface area contributed by atoms with Gasteiger partial charge in [-0.2, -0.15) is 11.8 Å². The molecule has 0 spiro atoms. The van der Waals surface area contributed by atoms with Crippen LogP contribution in [-0.2, 0) is 4.79 Å². The van der Waals surface area contributed by atoms with Crippen LogP contribution in [0.3, 0.4) is 0 Å². The van der Waals surface area contributed by atoms with Crippen molar-refractivity contribution in [3.8, 4) is 0 Å². The molecule has 3 nitrogen and oxygen atoms in total. The predicted octanol–water partition coefficient (Wildman–Crippen LogP) is 1.19. The first-order valence-electron chi connectivity index (χ1n) is 4.11. The summed E-state index contributed by atoms with van der Waals surface area (Å²) >= 11 is 1.81. The monoisotopic (exact) mass is 191 g/mol. The van der Waals surface area contributed by atoms with Crippen molar-refractivity contribution in [2.75, 3.05) is 18.6 Å². The summed E-state index contributed by atoms with van der Waals surface area (Å²) in [5.74, 6) is 0.396. The van der Waals surface area contributed by atoms with Crippen LogP contribution in [-0.4, -0.2) is 35.7 Å². The van der Waals surface area contributed by atoms with Gasteiger partial charge in [0.05, 0.1) is 6.42 Å². The summed E-state index contributed by atoms with van der Waals surface area (Å²) in [5, 5.41) is 11.6. The van der Waals surface area contributed by atoms with Gasteiger partial charge >= 0.3 is 5.97 Å². The van der Waals surface area contributed by atoms with E-state index in [0.717, 1.165) is 18.7 Å². The highest BCUT2D eigenvalue weighted by atomic mass is 32.2. The van der Waals surface area contributed by atoms with Crippen molar-refractivity contribution in [2.45, 2.75) is 25.8 Å². The van der Waals surface area contributed by atoms with Gasteiger partial charge in [-0.1, -0.05) is 0 Å². The van der Waals surface area contributed by atoms with Gasteiger partial charge in [-0.3, -0.25) is 4.79 Å². The zero-order valence-corrected chi connectivity index (χ0v) is 8.49. The van der Waals surface area contributed by atoms with Gasteiger partial charge in [-0.05, 0) is 31.9 Å². The first kappa shape index (κ1) is 11.8. The maximum absolute atomic E-state index is 10.3. The highest BCUT2D eigenvalue weighted by Gasteiger charge is 2.05. The Morgan fingerprint density at radius 3 is 2.83 bits per heavy atom. The Morgan fingerprint density at radius 2 is 2.33 bits per heavy atom. The average molecular weight is 191 g/mol. The van der Waals surface area contributed by atoms with Crippen LogP contribution < -0.4 is 5.32 Å². The van der Waals surface area contributed by atoms with Gasteiger partial charge in [0.2, 0.25) is 0 Å². The SMILES string of the molecule is CSCCCNC(C)CC(=O)O. The highest BCUT2D eigenvalue weighted by molar-refractivity contribution is 7.98. The molecule has 0 aliphatic rings. The average Bonchev–Trinajstić information content (AvgIpc) is 1.97. The maximum atomic E-state index is 10.3. The summed E-state index contributed by atoms with van der Waals surface area (Å²) in [6, 6.07) is 0.0874. The molecule has 1 unspecified atom stereocenters. The largest absolute Gasteiger partial charge is 0.481 e. The normalized spacial score (nSPS) is 12.8. The van der Waals surface area contributed by atoms with E-state index in [1.54, 1.807) is 0 Å². The van der Waals surface area contributed by atoms with E-state index < -0.39 is 5.97 Å². The quantitative estimate of drug-likeness (QED) is 0.594. The number of carboxylic acid groups (broad SMARTS) is 1. The number of hydrogen-bond acceptors (Lipinski definition) is 3. The first-order chi connectivity index (χ1) is 5.66. The molecule has 0 bridgehead atoms. The summed E-state index contributed by atoms with van der Waals surface area (Å²) < 4.78 is 0. The van der Waals surface area contributed by atoms with Crippen LogP contribution in [0.15, 0.2) is 0 Å². The molecule has 0 saturated heterocycles. The molecule has 0 heterocycles. The smallest absolute Gasteiger partial charge is 0.304 e. The highest BCUT2D eigenvalue weighted by Crippen LogP contribution is 1.95. The molecule has 0 radical (unpaired) electrons. The van der Waals surface area contributed by atoms with E-state index in [9.17, 15) is 4.79 Å². The number of carboxylic acids is 1. The van der Waals surface area contributed by atoms with Crippen molar-refractivity contribution in [2.24, 2.45) is 0 Å². The standard InChI is InChI=1S/C8H17NO2S/c1-7(6-8(10)11)9-4-3-5-12-2/h7,9H,3-6H2,1-2H3,(H,10,11). The molecule has 0 fully saturated rings. The summed E-state index contributed by atoms with van der Waals surface area (Å²) in [7, 11) is 0. The Balaban J connectivity index is 3.19. The lowest BCUT2D eigenvalue weighted by Crippen LogP contribution is -2.29. The summed E-state index contributed by atoms with van der Waals surface area (Å²) in [6.45, 7) is 2.81. The van der Waals surface area contributed by atoms with Crippen LogP contribution in [0.25, 0.3) is 0 Å². The number of thioether (sulfide) groups is 1. The minimum Gasteiger partial charge on any atom is -0.481 e. The van der Waals surface area contributed by atoms with E-state index in [1.807, 2.05) is 18.7 Å². The third kappa shape index (κ3) is 7.88. The molecule has 0 aliphatic carbocycles. The fraction of sp³-hybridized carbons (Fsp3) is 0.875. The summed E-state index contributed by atoms with van der Waals surface area (Å²) in [6.07, 6.45) is 3.38. The van der Waals surface area contributed by atoms with E-state index >= 15 is 0 Å². The molecule has 12 heavy (non-hydrogen) atoms. The lowest BCUT2D eigenvalue weighted by molar-refractivity contribution is -0.137. The van der Waals surface area contributed by atoms with Crippen LogP contribution in [0.1, 0.15) is 19.8 Å². The van der Waals surface area contributed by atoms with Crippen molar-refractivity contribution in [3.05, 3.63) is 0 Å². The molecule has 0 aromatic heterocycles. The number of nitrogens with one attached hydrogen (secondary N) is 1. The second-order valence-electron chi connectivity index (χ2n) is 2.80. The molecule has 0 rings (SSSR count). The van der Waals surface area contributed by atoms with Crippen molar-refractivity contribution in [1.29, 1.82) is 0 Å². The number of rotatable bonds is 7. The van der Waals surface area contributed by atoms with E-state index in [-0.39, 0.29) is 12.5 Å². The Morgan fingerprint density at radius 1 is 1.67 bits per heavy atom. The van der Waals surface area contributed by atoms with Gasteiger partial charge in [0, 0.05) is 6.04 Å². The Labute approximate surface area is 77.9 Å². The van der Waals surface area contributed by atoms with Gasteiger partial charge in [-0.25, -0.2) is 0 Å². The van der Waals surface area contributed by atoms with Gasteiger partial charge in [0.25, 0.3) is 0 Å². The summed E-state index contributed by atoms with van der Waals surface area (Å²) in [4.78, 5) is 10.3. The Kier molecular flexibility index (Phi) is 7.29. The lowest BCUT2D eigenvalue weighted by atomic mass is 10.2. The van der Waals surface area contributed by atoms with Crippen molar-refractivity contribution in [1.82, 2.24) is 5.32 Å². The molecule has 2 N–H and O–H groups in total. The summed E-state index contributed by atoms with van der Waals surface area (Å²) in [5.41, 5.74) is 0. The third-order valence-electron chi connectivity index (χ3n) is 1.50. The van der Waals surface area contributed by atoms with Crippen LogP contribution >= 0.6 is 11.8 Å². The van der Waals surface area contributed by atoms with Crippen LogP contribution in [0.2, 0.25) is 0 Å². The van der Waals surface area contributed by atoms with Crippen LogP contribution in [0.4, 0.5) is 0 Å². The van der Waals surface area contributed by atoms with E-state index in [0.29, 0.717) is 0 Å². The zero-order valence-electron chi connectivity index (χ0n) is 7.67. The molecule has 4 heteroatoms. The molecule has 0 aromatic rings. The molecular weight excluding hydrogens is 174 g/mol. The predicted molar refractivity (Wildman–Crippen MR) is 52.7 cm³/mol. The van der Waals surface area contributed by atoms with Gasteiger partial charge in [0.15, 0.2) is 0 Å². The lowest BCUT2D eigenvalue weighted by Gasteiger charge is -2.10. The molecule has 72 valence electrons. The molecule has 0 aromatic carbocycles. The molecule has 0 aliphatic heterocycles. The van der Waals surface area contributed by atoms with Gasteiger partial charge < -0.3 is 10.4 Å². The third-order valence-corrected chi connectivity index (χ3v) is 2.20. The number of hydrogen-bond donors (Lipinski definition) is 2. The minimum absolute atomic E-state index is 0.0874. The van der Waals surface area contributed by atoms with Crippen LogP contribution in [0, 0.1) is 0 Å². The van der Waals surface area contributed by atoms with Crippen molar-refractivity contribution < 1.29 is 9.90 Å². The topological polar surface area (TPSA) is 49.3 Å². The zero-order chi connectivity index (χ0) is 9.40. The van der Waals surface area contributed by atoms with E-state index in [4.69, 9.17) is 5.11 Å². The molecule has 0 amide bonds. The van der Waals surface area contributed by atoms with Crippen LogP contribution in [0.5, 0.6) is 0 Å². The van der Waals surface area contributed by atoms with Gasteiger partial charge in [-0.15, -0.1) is 0 Å². The number of carbonyl (C=O) groups is 1. The fourth-order valence-corrected chi connectivity index (χ4v) is 1.33. The Bertz CT molecular complexity index is 130. The van der Waals surface area contributed by atoms with Crippen molar-refractivity contribution in [3.63, 3.8) is 0 Å². The number of aliphatic carboxylic acids is 1. The molecule has 1 atom stereocenters. The van der Waals surface area contributed by atoms with Crippen molar-refractivity contribution >= 4 is 17.7 Å². The van der Waals surface area contributed by atoms with E-state index in [2.05, 4.69) is 11.6 Å². The minimum atomic E-state index is -0.736. The fourth-order valence-electron chi connectivity index (χ4n) is 0.899. The Hall–Kier alpha value is -0.220. The molecular formula is C8H17NO2S.